The van der Waals surface area contributed by atoms with Crippen LogP contribution in [0.2, 0.25) is 0 Å². The molecule has 1 aliphatic heterocycles. The van der Waals surface area contributed by atoms with E-state index in [1.807, 2.05) is 0 Å². The predicted molar refractivity (Wildman–Crippen MR) is 269 cm³/mol. The van der Waals surface area contributed by atoms with E-state index in [1.54, 1.807) is 13.8 Å². The zero-order valence-corrected chi connectivity index (χ0v) is 42.5. The van der Waals surface area contributed by atoms with Gasteiger partial charge >= 0.3 is 5.97 Å². The van der Waals surface area contributed by atoms with E-state index in [0.717, 1.165) is 6.42 Å². The first-order valence-electron chi connectivity index (χ1n) is 24.7. The largest absolute Gasteiger partial charge is 0.508 e. The minimum Gasteiger partial charge on any atom is -0.508 e. The summed E-state index contributed by atoms with van der Waals surface area (Å²) in [4.78, 5) is 132. The molecule has 1 fully saturated rings. The molecule has 3 rings (SSSR count). The predicted octanol–water partition coefficient (Wildman–Crippen LogP) is -4.09. The van der Waals surface area contributed by atoms with E-state index in [4.69, 9.17) is 5.73 Å². The minimum absolute atomic E-state index is 0.0342. The molecular formula is C49H73N11O15. The lowest BCUT2D eigenvalue weighted by Crippen LogP contribution is -2.61. The van der Waals surface area contributed by atoms with Crippen molar-refractivity contribution in [2.24, 2.45) is 11.7 Å². The Kier molecular flexibility index (Phi) is 25.9. The Bertz CT molecular complexity index is 2260. The molecule has 2 aromatic carbocycles. The number of aliphatic hydroxyl groups excluding tert-OH is 2. The number of rotatable bonds is 31. The molecule has 0 aromatic heterocycles. The van der Waals surface area contributed by atoms with Crippen molar-refractivity contribution >= 4 is 59.1 Å². The first-order valence-corrected chi connectivity index (χ1v) is 24.7. The monoisotopic (exact) mass is 1060 g/mol. The molecule has 26 heteroatoms. The number of nitrogens with one attached hydrogen (secondary N) is 10. The molecule has 17 N–H and O–H groups in total. The molecule has 9 amide bonds. The van der Waals surface area contributed by atoms with Gasteiger partial charge in [-0.2, -0.15) is 0 Å². The number of carboxylic acid groups (broad SMARTS) is 1. The van der Waals surface area contributed by atoms with Crippen molar-refractivity contribution in [2.75, 3.05) is 32.8 Å². The van der Waals surface area contributed by atoms with Crippen molar-refractivity contribution in [3.63, 3.8) is 0 Å². The van der Waals surface area contributed by atoms with Crippen LogP contribution in [0.15, 0.2) is 48.5 Å². The first kappa shape index (κ1) is 61.9. The third kappa shape index (κ3) is 20.8. The van der Waals surface area contributed by atoms with Crippen LogP contribution >= 0.6 is 0 Å². The van der Waals surface area contributed by atoms with Gasteiger partial charge in [0.25, 0.3) is 0 Å². The third-order valence-corrected chi connectivity index (χ3v) is 12.3. The lowest BCUT2D eigenvalue weighted by molar-refractivity contribution is -0.143. The summed E-state index contributed by atoms with van der Waals surface area (Å²) in [5.74, 6) is -9.80. The van der Waals surface area contributed by atoms with E-state index < -0.39 is 133 Å². The third-order valence-electron chi connectivity index (χ3n) is 12.3. The number of hydrogen-bond acceptors (Lipinski definition) is 16. The zero-order valence-electron chi connectivity index (χ0n) is 42.5. The average Bonchev–Trinajstić information content (AvgIpc) is 3.94. The molecule has 0 bridgehead atoms. The van der Waals surface area contributed by atoms with Gasteiger partial charge in [-0.05, 0) is 100 Å². The highest BCUT2D eigenvalue weighted by molar-refractivity contribution is 5.98. The highest BCUT2D eigenvalue weighted by Gasteiger charge is 2.35. The van der Waals surface area contributed by atoms with Crippen LogP contribution in [0.3, 0.4) is 0 Å². The molecule has 0 spiro atoms. The van der Waals surface area contributed by atoms with Gasteiger partial charge in [-0.3, -0.25) is 43.2 Å². The molecule has 2 aromatic rings. The topological polar surface area (TPSA) is 418 Å². The molecule has 0 radical (unpaired) electrons. The molecule has 26 nitrogen and oxygen atoms in total. The number of carbonyl (C=O) groups is 10. The molecular weight excluding hydrogens is 983 g/mol. The number of nitrogens with two attached hydrogens (primary N) is 1. The van der Waals surface area contributed by atoms with Crippen LogP contribution in [0.1, 0.15) is 77.3 Å². The summed E-state index contributed by atoms with van der Waals surface area (Å²) in [6.07, 6.45) is 2.10. The Labute approximate surface area is 433 Å². The number of unbranched alkanes of at least 4 members (excludes halogenated alkanes) is 1. The van der Waals surface area contributed by atoms with Crippen molar-refractivity contribution < 1.29 is 73.5 Å². The van der Waals surface area contributed by atoms with Crippen LogP contribution in [-0.2, 0) is 60.8 Å². The Morgan fingerprint density at radius 1 is 0.600 bits per heavy atom. The second-order valence-corrected chi connectivity index (χ2v) is 18.3. The number of phenols is 2. The maximum Gasteiger partial charge on any atom is 0.328 e. The summed E-state index contributed by atoms with van der Waals surface area (Å²) >= 11 is 0. The summed E-state index contributed by atoms with van der Waals surface area (Å²) in [7, 11) is 0. The molecule has 0 aliphatic carbocycles. The molecule has 1 heterocycles. The fraction of sp³-hybridized carbons (Fsp3) is 0.551. The summed E-state index contributed by atoms with van der Waals surface area (Å²) in [6.45, 7) is 4.43. The lowest BCUT2D eigenvalue weighted by atomic mass is 9.97. The van der Waals surface area contributed by atoms with Crippen molar-refractivity contribution in [1.29, 1.82) is 0 Å². The molecule has 0 unspecified atom stereocenters. The summed E-state index contributed by atoms with van der Waals surface area (Å²) in [5, 5.41) is 74.1. The Morgan fingerprint density at radius 3 is 1.60 bits per heavy atom. The van der Waals surface area contributed by atoms with Crippen LogP contribution in [0.5, 0.6) is 11.5 Å². The highest BCUT2D eigenvalue weighted by Crippen LogP contribution is 2.15. The van der Waals surface area contributed by atoms with Gasteiger partial charge in [0, 0.05) is 12.8 Å². The van der Waals surface area contributed by atoms with Crippen molar-refractivity contribution in [3.05, 3.63) is 59.7 Å². The van der Waals surface area contributed by atoms with E-state index in [2.05, 4.69) is 53.2 Å². The van der Waals surface area contributed by atoms with Crippen LogP contribution < -0.4 is 58.9 Å². The first-order chi connectivity index (χ1) is 35.6. The van der Waals surface area contributed by atoms with E-state index in [9.17, 15) is 73.5 Å². The van der Waals surface area contributed by atoms with E-state index in [1.165, 1.54) is 62.4 Å². The van der Waals surface area contributed by atoms with Crippen LogP contribution in [0.25, 0.3) is 0 Å². The van der Waals surface area contributed by atoms with Gasteiger partial charge in [0.15, 0.2) is 0 Å². The van der Waals surface area contributed by atoms with Gasteiger partial charge in [-0.1, -0.05) is 44.5 Å². The number of aliphatic carboxylic acids is 1. The van der Waals surface area contributed by atoms with Gasteiger partial charge in [0.1, 0.15) is 59.8 Å². The SMILES string of the molecule is CC[C@H](C)[C@H](NC(=O)[C@H](CO)NC(=O)[C@H](Cc1ccc(O)cc1)NC(=O)[C@H](Cc1ccc(O)cc1)NC(=O)CNC(=O)[C@H](C)NC(=O)[C@@H]1CCCN1)C(=O)N[C@H](C)C(=O)N[C@@H](CCCCN)C(=O)N[C@@H](CO)C(=O)O. The number of hydrogen-bond donors (Lipinski definition) is 16. The average molecular weight is 1060 g/mol. The smallest absolute Gasteiger partial charge is 0.328 e. The van der Waals surface area contributed by atoms with Crippen molar-refractivity contribution in [1.82, 2.24) is 53.2 Å². The lowest BCUT2D eigenvalue weighted by Gasteiger charge is -2.28. The fourth-order valence-electron chi connectivity index (χ4n) is 7.59. The number of phenolic OH excluding ortho intramolecular Hbond substituents is 2. The molecule has 1 saturated heterocycles. The number of benzene rings is 2. The van der Waals surface area contributed by atoms with Crippen LogP contribution in [0.4, 0.5) is 0 Å². The summed E-state index contributed by atoms with van der Waals surface area (Å²) in [5.41, 5.74) is 6.44. The minimum atomic E-state index is -1.74. The van der Waals surface area contributed by atoms with Crippen molar-refractivity contribution in [2.45, 2.75) is 133 Å². The number of amides is 9. The van der Waals surface area contributed by atoms with Crippen LogP contribution in [-0.4, -0.2) is 172 Å². The number of carbonyl (C=O) groups excluding carboxylic acids is 9. The van der Waals surface area contributed by atoms with E-state index in [0.29, 0.717) is 43.4 Å². The maximum atomic E-state index is 14.2. The van der Waals surface area contributed by atoms with E-state index in [-0.39, 0.29) is 43.2 Å². The van der Waals surface area contributed by atoms with Crippen LogP contribution in [0, 0.1) is 5.92 Å². The van der Waals surface area contributed by atoms with Gasteiger partial charge in [0.05, 0.1) is 25.8 Å². The zero-order chi connectivity index (χ0) is 55.8. The Morgan fingerprint density at radius 2 is 1.09 bits per heavy atom. The molecule has 1 aliphatic rings. The van der Waals surface area contributed by atoms with Gasteiger partial charge in [0.2, 0.25) is 53.2 Å². The second kappa shape index (κ2) is 31.3. The standard InChI is InChI=1S/C49H73N11O15/c1-5-26(2)40(48(73)54-28(4)42(67)56-34(9-6-7-19-50)44(69)59-38(25-62)49(74)75)60-47(72)37(24-61)58-46(71)36(22-30-13-17-32(64)18-14-30)57-45(70)35(21-29-11-15-31(63)16-12-29)55-39(65)23-52-41(66)27(3)53-43(68)33-10-8-20-51-33/h11-18,26-28,33-38,40,51,61-64H,5-10,19-25,50H2,1-4H3,(H,52,66)(H,53,68)(H,54,73)(H,55,65)(H,56,67)(H,57,70)(H,58,71)(H,59,69)(H,60,72)(H,74,75)/t26-,27-,28+,33-,34-,35-,36-,37-,38-,40-/m0/s1. The maximum absolute atomic E-state index is 14.2. The molecule has 0 saturated carbocycles. The summed E-state index contributed by atoms with van der Waals surface area (Å²) < 4.78 is 0. The van der Waals surface area contributed by atoms with Gasteiger partial charge in [-0.25, -0.2) is 4.79 Å². The Hall–Kier alpha value is -7.42. The fourth-order valence-corrected chi connectivity index (χ4v) is 7.59. The molecule has 75 heavy (non-hydrogen) atoms. The van der Waals surface area contributed by atoms with Gasteiger partial charge < -0.3 is 84.4 Å². The highest BCUT2D eigenvalue weighted by atomic mass is 16.4. The van der Waals surface area contributed by atoms with Crippen molar-refractivity contribution in [3.8, 4) is 11.5 Å². The number of carboxylic acids is 1. The quantitative estimate of drug-likeness (QED) is 0.0319. The van der Waals surface area contributed by atoms with Gasteiger partial charge in [-0.15, -0.1) is 0 Å². The van der Waals surface area contributed by atoms with E-state index >= 15 is 0 Å². The molecule has 414 valence electrons. The Balaban J connectivity index is 1.80. The second-order valence-electron chi connectivity index (χ2n) is 18.3. The number of aliphatic hydroxyl groups is 2. The molecule has 10 atom stereocenters. The number of aromatic hydroxyl groups is 2. The normalized spacial score (nSPS) is 16.6. The summed E-state index contributed by atoms with van der Waals surface area (Å²) in [6, 6.07) is -0.534.